The Bertz CT molecular complexity index is 613. The fourth-order valence-electron chi connectivity index (χ4n) is 1.44. The number of nitro benzene ring substituents is 1. The monoisotopic (exact) mass is 308 g/mol. The molecular formula is C11H12N6O5. The summed E-state index contributed by atoms with van der Waals surface area (Å²) in [6, 6.07) is 3.92. The molecule has 1 rings (SSSR count). The van der Waals surface area contributed by atoms with E-state index < -0.39 is 11.0 Å². The summed E-state index contributed by atoms with van der Waals surface area (Å²) >= 11 is 0. The number of benzene rings is 1. The summed E-state index contributed by atoms with van der Waals surface area (Å²) < 4.78 is 4.72. The lowest BCUT2D eigenvalue weighted by molar-refractivity contribution is -0.383. The number of hydrogen-bond donors (Lipinski definition) is 2. The van der Waals surface area contributed by atoms with Gasteiger partial charge in [-0.2, -0.15) is 0 Å². The van der Waals surface area contributed by atoms with Gasteiger partial charge in [0.2, 0.25) is 0 Å². The molecular weight excluding hydrogens is 296 g/mol. The molecule has 0 aliphatic carbocycles. The van der Waals surface area contributed by atoms with Gasteiger partial charge in [0.05, 0.1) is 11.5 Å². The maximum Gasteiger partial charge on any atom is 0.407 e. The van der Waals surface area contributed by atoms with E-state index in [0.29, 0.717) is 6.29 Å². The minimum Gasteiger partial charge on any atom is -0.448 e. The van der Waals surface area contributed by atoms with Crippen molar-refractivity contribution in [1.82, 2.24) is 5.32 Å². The molecule has 0 heterocycles. The maximum absolute atomic E-state index is 11.0. The molecule has 0 aliphatic heterocycles. The molecule has 0 unspecified atom stereocenters. The van der Waals surface area contributed by atoms with E-state index in [1.165, 1.54) is 12.1 Å². The van der Waals surface area contributed by atoms with Crippen molar-refractivity contribution < 1.29 is 19.2 Å². The van der Waals surface area contributed by atoms with Gasteiger partial charge < -0.3 is 20.2 Å². The summed E-state index contributed by atoms with van der Waals surface area (Å²) in [5, 5.41) is 19.1. The van der Waals surface area contributed by atoms with Crippen LogP contribution >= 0.6 is 0 Å². The van der Waals surface area contributed by atoms with E-state index in [0.717, 1.165) is 6.07 Å². The topological polar surface area (TPSA) is 159 Å². The Kier molecular flexibility index (Phi) is 6.66. The Hall–Kier alpha value is -3.33. The van der Waals surface area contributed by atoms with Crippen LogP contribution in [0.4, 0.5) is 21.9 Å². The molecule has 1 aromatic rings. The zero-order valence-corrected chi connectivity index (χ0v) is 11.3. The van der Waals surface area contributed by atoms with Gasteiger partial charge in [-0.25, -0.2) is 4.79 Å². The van der Waals surface area contributed by atoms with Crippen molar-refractivity contribution in [3.63, 3.8) is 0 Å². The van der Waals surface area contributed by atoms with Crippen molar-refractivity contribution in [2.45, 2.75) is 0 Å². The van der Waals surface area contributed by atoms with Crippen molar-refractivity contribution in [3.05, 3.63) is 38.8 Å². The third-order valence-corrected chi connectivity index (χ3v) is 2.32. The summed E-state index contributed by atoms with van der Waals surface area (Å²) in [6.45, 7) is -0.0885. The van der Waals surface area contributed by atoms with Gasteiger partial charge in [-0.3, -0.25) is 10.1 Å². The number of nitrogens with zero attached hydrogens (tertiary/aromatic N) is 4. The van der Waals surface area contributed by atoms with Crippen LogP contribution < -0.4 is 10.6 Å². The van der Waals surface area contributed by atoms with Gasteiger partial charge in [-0.1, -0.05) is 11.2 Å². The molecule has 11 heteroatoms. The number of hydrogen-bond acceptors (Lipinski definition) is 7. The third kappa shape index (κ3) is 5.35. The number of anilines is 1. The van der Waals surface area contributed by atoms with Crippen molar-refractivity contribution >= 4 is 29.4 Å². The number of alkyl carbamates (subject to hydrolysis) is 1. The van der Waals surface area contributed by atoms with E-state index in [1.807, 2.05) is 0 Å². The van der Waals surface area contributed by atoms with Crippen LogP contribution in [0.3, 0.4) is 0 Å². The lowest BCUT2D eigenvalue weighted by atomic mass is 10.2. The zero-order chi connectivity index (χ0) is 16.4. The Morgan fingerprint density at radius 3 is 2.95 bits per heavy atom. The number of carbonyl (C=O) groups excluding carboxylic acids is 2. The standard InChI is InChI=1S/C11H12N6O5/c12-16-15-8-1-2-9(10(7-8)17(20)21)13-4-6-22-11(19)14-3-5-18/h1-2,5,7,13H,3-4,6H2,(H,14,19). The highest BCUT2D eigenvalue weighted by molar-refractivity contribution is 5.71. The summed E-state index contributed by atoms with van der Waals surface area (Å²) in [7, 11) is 0. The average Bonchev–Trinajstić information content (AvgIpc) is 2.50. The van der Waals surface area contributed by atoms with Crippen LogP contribution in [0, 0.1) is 10.1 Å². The molecule has 0 aliphatic rings. The summed E-state index contributed by atoms with van der Waals surface area (Å²) in [4.78, 5) is 33.9. The first-order valence-electron chi connectivity index (χ1n) is 6.00. The smallest absolute Gasteiger partial charge is 0.407 e. The highest BCUT2D eigenvalue weighted by Crippen LogP contribution is 2.29. The Balaban J connectivity index is 2.58. The zero-order valence-electron chi connectivity index (χ0n) is 11.3. The van der Waals surface area contributed by atoms with Gasteiger partial charge in [0.25, 0.3) is 5.69 Å². The van der Waals surface area contributed by atoms with Crippen molar-refractivity contribution in [2.75, 3.05) is 25.0 Å². The average molecular weight is 308 g/mol. The molecule has 116 valence electrons. The molecule has 0 bridgehead atoms. The largest absolute Gasteiger partial charge is 0.448 e. The van der Waals surface area contributed by atoms with Crippen LogP contribution in [-0.2, 0) is 9.53 Å². The number of rotatable bonds is 8. The number of nitrogens with one attached hydrogen (secondary N) is 2. The minimum absolute atomic E-state index is 0.0556. The first kappa shape index (κ1) is 16.7. The van der Waals surface area contributed by atoms with E-state index in [9.17, 15) is 19.7 Å². The minimum atomic E-state index is -0.762. The normalized spacial score (nSPS) is 9.27. The van der Waals surface area contributed by atoms with Gasteiger partial charge >= 0.3 is 6.09 Å². The Morgan fingerprint density at radius 2 is 2.32 bits per heavy atom. The molecule has 1 aromatic carbocycles. The first-order valence-corrected chi connectivity index (χ1v) is 6.00. The number of ether oxygens (including phenoxy) is 1. The van der Waals surface area contributed by atoms with Crippen LogP contribution in [0.5, 0.6) is 0 Å². The fourth-order valence-corrected chi connectivity index (χ4v) is 1.44. The first-order chi connectivity index (χ1) is 10.6. The maximum atomic E-state index is 11.0. The van der Waals surface area contributed by atoms with Gasteiger partial charge in [-0.15, -0.1) is 0 Å². The molecule has 0 spiro atoms. The summed E-state index contributed by atoms with van der Waals surface area (Å²) in [5.41, 5.74) is 8.34. The number of nitro groups is 1. The van der Waals surface area contributed by atoms with E-state index >= 15 is 0 Å². The molecule has 0 aromatic heterocycles. The van der Waals surface area contributed by atoms with Crippen molar-refractivity contribution in [3.8, 4) is 0 Å². The highest BCUT2D eigenvalue weighted by atomic mass is 16.6. The van der Waals surface area contributed by atoms with Gasteiger partial charge in [0.15, 0.2) is 0 Å². The predicted octanol–water partition coefficient (Wildman–Crippen LogP) is 1.87. The summed E-state index contributed by atoms with van der Waals surface area (Å²) in [6.07, 6.45) is -0.254. The SMILES string of the molecule is [N-]=[N+]=Nc1ccc(NCCOC(=O)NCC=O)c([N+](=O)[O-])c1. The lowest BCUT2D eigenvalue weighted by Crippen LogP contribution is -2.27. The molecule has 0 atom stereocenters. The van der Waals surface area contributed by atoms with Crippen molar-refractivity contribution in [1.29, 1.82) is 0 Å². The fraction of sp³-hybridized carbons (Fsp3) is 0.273. The van der Waals surface area contributed by atoms with E-state index in [4.69, 9.17) is 10.3 Å². The van der Waals surface area contributed by atoms with Gasteiger partial charge in [0, 0.05) is 23.2 Å². The van der Waals surface area contributed by atoms with Crippen LogP contribution in [-0.4, -0.2) is 37.0 Å². The molecule has 0 fully saturated rings. The molecule has 0 saturated heterocycles. The third-order valence-electron chi connectivity index (χ3n) is 2.32. The molecule has 22 heavy (non-hydrogen) atoms. The quantitative estimate of drug-likeness (QED) is 0.142. The van der Waals surface area contributed by atoms with Crippen molar-refractivity contribution in [2.24, 2.45) is 5.11 Å². The second-order valence-electron chi connectivity index (χ2n) is 3.76. The van der Waals surface area contributed by atoms with E-state index in [2.05, 4.69) is 20.7 Å². The van der Waals surface area contributed by atoms with Crippen LogP contribution in [0.15, 0.2) is 23.3 Å². The van der Waals surface area contributed by atoms with Crippen LogP contribution in [0.2, 0.25) is 0 Å². The molecule has 1 amide bonds. The van der Waals surface area contributed by atoms with E-state index in [-0.39, 0.29) is 36.8 Å². The molecule has 0 saturated carbocycles. The van der Waals surface area contributed by atoms with E-state index in [1.54, 1.807) is 0 Å². The number of carbonyl (C=O) groups is 2. The molecule has 2 N–H and O–H groups in total. The van der Waals surface area contributed by atoms with Crippen LogP contribution in [0.1, 0.15) is 0 Å². The van der Waals surface area contributed by atoms with Crippen LogP contribution in [0.25, 0.3) is 10.4 Å². The van der Waals surface area contributed by atoms with Gasteiger partial charge in [0.1, 0.15) is 18.6 Å². The lowest BCUT2D eigenvalue weighted by Gasteiger charge is -2.08. The second kappa shape index (κ2) is 8.76. The Morgan fingerprint density at radius 1 is 1.55 bits per heavy atom. The second-order valence-corrected chi connectivity index (χ2v) is 3.76. The number of aldehydes is 1. The number of amides is 1. The van der Waals surface area contributed by atoms with Gasteiger partial charge in [-0.05, 0) is 11.6 Å². The predicted molar refractivity (Wildman–Crippen MR) is 75.8 cm³/mol. The molecule has 11 nitrogen and oxygen atoms in total. The summed E-state index contributed by atoms with van der Waals surface area (Å²) in [5.74, 6) is 0. The highest BCUT2D eigenvalue weighted by Gasteiger charge is 2.14. The Labute approximate surface area is 124 Å². The number of azide groups is 1. The molecule has 0 radical (unpaired) electrons.